The van der Waals surface area contributed by atoms with Crippen LogP contribution >= 0.6 is 25.2 Å². The molecule has 0 spiro atoms. The molecule has 0 aliphatic rings. The monoisotopic (exact) mass is 434 g/mol. The molecular weight excluding hydrogens is 403 g/mol. The standard InChI is InChI=1S/C19H32BrO4P/c1-18(2,9-11-20)23-12-10-19(3,4)24-15-8-7-14(13-16(15)25)17(21-5)22-6/h7-8,13,17H,9-12,25H2,1-6H3. The first-order chi connectivity index (χ1) is 11.6. The molecule has 6 heteroatoms. The van der Waals surface area contributed by atoms with Gasteiger partial charge in [0.05, 0.1) is 12.2 Å². The summed E-state index contributed by atoms with van der Waals surface area (Å²) in [6, 6.07) is 5.93. The van der Waals surface area contributed by atoms with E-state index in [0.717, 1.165) is 34.8 Å². The number of rotatable bonds is 11. The van der Waals surface area contributed by atoms with Crippen LogP contribution < -0.4 is 10.0 Å². The third-order valence-corrected chi connectivity index (χ3v) is 4.86. The van der Waals surface area contributed by atoms with Gasteiger partial charge in [0.15, 0.2) is 6.29 Å². The first-order valence-electron chi connectivity index (χ1n) is 8.48. The van der Waals surface area contributed by atoms with Gasteiger partial charge < -0.3 is 18.9 Å². The zero-order chi connectivity index (χ0) is 19.1. The van der Waals surface area contributed by atoms with E-state index in [9.17, 15) is 0 Å². The predicted octanol–water partition coefficient (Wildman–Crippen LogP) is 4.61. The Labute approximate surface area is 163 Å². The first-order valence-corrected chi connectivity index (χ1v) is 10.2. The topological polar surface area (TPSA) is 36.9 Å². The van der Waals surface area contributed by atoms with Gasteiger partial charge in [-0.25, -0.2) is 0 Å². The van der Waals surface area contributed by atoms with Crippen LogP contribution in [0.25, 0.3) is 0 Å². The summed E-state index contributed by atoms with van der Waals surface area (Å²) in [5.74, 6) is 0.837. The minimum absolute atomic E-state index is 0.123. The third kappa shape index (κ3) is 7.92. The molecule has 0 bridgehead atoms. The van der Waals surface area contributed by atoms with Gasteiger partial charge in [-0.1, -0.05) is 22.0 Å². The molecule has 0 N–H and O–H groups in total. The molecule has 25 heavy (non-hydrogen) atoms. The quantitative estimate of drug-likeness (QED) is 0.289. The first kappa shape index (κ1) is 22.9. The Morgan fingerprint density at radius 1 is 1.04 bits per heavy atom. The Kier molecular flexibility index (Phi) is 9.34. The van der Waals surface area contributed by atoms with Crippen molar-refractivity contribution in [1.82, 2.24) is 0 Å². The van der Waals surface area contributed by atoms with Crippen LogP contribution in [0.5, 0.6) is 5.75 Å². The van der Waals surface area contributed by atoms with Crippen LogP contribution in [0, 0.1) is 0 Å². The molecule has 0 saturated carbocycles. The summed E-state index contributed by atoms with van der Waals surface area (Å²) in [5.41, 5.74) is 0.515. The lowest BCUT2D eigenvalue weighted by Crippen LogP contribution is -2.34. The lowest BCUT2D eigenvalue weighted by molar-refractivity contribution is -0.105. The van der Waals surface area contributed by atoms with E-state index >= 15 is 0 Å². The zero-order valence-corrected chi connectivity index (χ0v) is 19.0. The minimum atomic E-state index is -0.369. The Bertz CT molecular complexity index is 530. The van der Waals surface area contributed by atoms with Gasteiger partial charge in [0, 0.05) is 36.8 Å². The minimum Gasteiger partial charge on any atom is -0.487 e. The van der Waals surface area contributed by atoms with Crippen LogP contribution in [-0.4, -0.2) is 37.4 Å². The lowest BCUT2D eigenvalue weighted by atomic mass is 10.0. The average molecular weight is 435 g/mol. The Morgan fingerprint density at radius 3 is 2.20 bits per heavy atom. The maximum Gasteiger partial charge on any atom is 0.183 e. The summed E-state index contributed by atoms with van der Waals surface area (Å²) >= 11 is 3.47. The molecule has 0 saturated heterocycles. The average Bonchev–Trinajstić information content (AvgIpc) is 2.50. The second kappa shape index (κ2) is 10.2. The van der Waals surface area contributed by atoms with Crippen molar-refractivity contribution in [3.8, 4) is 5.75 Å². The van der Waals surface area contributed by atoms with Crippen molar-refractivity contribution in [2.24, 2.45) is 0 Å². The normalized spacial score (nSPS) is 12.7. The molecule has 0 amide bonds. The number of hydrogen-bond acceptors (Lipinski definition) is 4. The van der Waals surface area contributed by atoms with Crippen molar-refractivity contribution in [3.05, 3.63) is 23.8 Å². The molecule has 1 aromatic carbocycles. The van der Waals surface area contributed by atoms with E-state index in [-0.39, 0.29) is 17.5 Å². The van der Waals surface area contributed by atoms with E-state index < -0.39 is 0 Å². The van der Waals surface area contributed by atoms with Crippen molar-refractivity contribution in [2.45, 2.75) is 58.0 Å². The number of hydrogen-bond donors (Lipinski definition) is 0. The molecule has 0 aromatic heterocycles. The van der Waals surface area contributed by atoms with Gasteiger partial charge in [-0.2, -0.15) is 0 Å². The SMILES string of the molecule is COC(OC)c1ccc(OC(C)(C)CCOC(C)(C)CCBr)c(P)c1. The molecule has 0 heterocycles. The summed E-state index contributed by atoms with van der Waals surface area (Å²) in [6.07, 6.45) is 1.42. The van der Waals surface area contributed by atoms with Crippen LogP contribution in [-0.2, 0) is 14.2 Å². The largest absolute Gasteiger partial charge is 0.487 e. The van der Waals surface area contributed by atoms with Crippen molar-refractivity contribution in [2.75, 3.05) is 26.2 Å². The van der Waals surface area contributed by atoms with Gasteiger partial charge >= 0.3 is 0 Å². The lowest BCUT2D eigenvalue weighted by Gasteiger charge is -2.30. The second-order valence-electron chi connectivity index (χ2n) is 7.26. The van der Waals surface area contributed by atoms with Gasteiger partial charge in [-0.15, -0.1) is 9.24 Å². The molecule has 0 radical (unpaired) electrons. The van der Waals surface area contributed by atoms with Crippen molar-refractivity contribution in [3.63, 3.8) is 0 Å². The number of benzene rings is 1. The Hall–Kier alpha value is -0.190. The van der Waals surface area contributed by atoms with Gasteiger partial charge in [-0.3, -0.25) is 0 Å². The third-order valence-electron chi connectivity index (χ3n) is 4.01. The fraction of sp³-hybridized carbons (Fsp3) is 0.684. The van der Waals surface area contributed by atoms with E-state index in [1.54, 1.807) is 14.2 Å². The number of ether oxygens (including phenoxy) is 4. The summed E-state index contributed by atoms with van der Waals surface area (Å²) in [4.78, 5) is 0. The van der Waals surface area contributed by atoms with Crippen LogP contribution in [0.4, 0.5) is 0 Å². The molecule has 0 aliphatic heterocycles. The highest BCUT2D eigenvalue weighted by Gasteiger charge is 2.24. The molecule has 1 aromatic rings. The van der Waals surface area contributed by atoms with Gasteiger partial charge in [0.2, 0.25) is 0 Å². The summed E-state index contributed by atoms with van der Waals surface area (Å²) in [7, 11) is 5.97. The fourth-order valence-electron chi connectivity index (χ4n) is 2.40. The molecule has 4 nitrogen and oxygen atoms in total. The molecule has 1 unspecified atom stereocenters. The molecule has 0 aliphatic carbocycles. The zero-order valence-electron chi connectivity index (χ0n) is 16.2. The van der Waals surface area contributed by atoms with Crippen LogP contribution in [0.3, 0.4) is 0 Å². The molecule has 1 atom stereocenters. The van der Waals surface area contributed by atoms with Gasteiger partial charge in [0.25, 0.3) is 0 Å². The van der Waals surface area contributed by atoms with E-state index in [1.807, 2.05) is 18.2 Å². The second-order valence-corrected chi connectivity index (χ2v) is 8.67. The van der Waals surface area contributed by atoms with Crippen molar-refractivity contribution in [1.29, 1.82) is 0 Å². The molecule has 1 rings (SSSR count). The summed E-state index contributed by atoms with van der Waals surface area (Å²) < 4.78 is 22.8. The van der Waals surface area contributed by atoms with Crippen molar-refractivity contribution >= 4 is 30.5 Å². The Morgan fingerprint density at radius 2 is 1.68 bits per heavy atom. The van der Waals surface area contributed by atoms with E-state index in [4.69, 9.17) is 18.9 Å². The van der Waals surface area contributed by atoms with Gasteiger partial charge in [0.1, 0.15) is 11.4 Å². The molecule has 144 valence electrons. The van der Waals surface area contributed by atoms with E-state index in [2.05, 4.69) is 52.9 Å². The highest BCUT2D eigenvalue weighted by atomic mass is 79.9. The smallest absolute Gasteiger partial charge is 0.183 e. The van der Waals surface area contributed by atoms with Crippen LogP contribution in [0.1, 0.15) is 52.4 Å². The number of methoxy groups -OCH3 is 2. The number of halogens is 1. The Balaban J connectivity index is 2.67. The van der Waals surface area contributed by atoms with Crippen LogP contribution in [0.2, 0.25) is 0 Å². The van der Waals surface area contributed by atoms with Gasteiger partial charge in [-0.05, 0) is 46.2 Å². The summed E-state index contributed by atoms with van der Waals surface area (Å²) in [6.45, 7) is 9.05. The highest BCUT2D eigenvalue weighted by Crippen LogP contribution is 2.26. The molecular formula is C19H32BrO4P. The molecule has 0 fully saturated rings. The highest BCUT2D eigenvalue weighted by molar-refractivity contribution is 9.09. The van der Waals surface area contributed by atoms with E-state index in [0.29, 0.717) is 6.61 Å². The number of alkyl halides is 1. The van der Waals surface area contributed by atoms with Crippen molar-refractivity contribution < 1.29 is 18.9 Å². The van der Waals surface area contributed by atoms with E-state index in [1.165, 1.54) is 0 Å². The maximum atomic E-state index is 6.22. The summed E-state index contributed by atoms with van der Waals surface area (Å²) in [5, 5.41) is 1.91. The fourth-order valence-corrected chi connectivity index (χ4v) is 3.70. The predicted molar refractivity (Wildman–Crippen MR) is 110 cm³/mol. The maximum absolute atomic E-state index is 6.22. The van der Waals surface area contributed by atoms with Crippen LogP contribution in [0.15, 0.2) is 18.2 Å².